The van der Waals surface area contributed by atoms with Crippen LogP contribution in [0.3, 0.4) is 0 Å². The van der Waals surface area contributed by atoms with Crippen molar-refractivity contribution in [1.82, 2.24) is 0 Å². The second-order valence-electron chi connectivity index (χ2n) is 6.88. The van der Waals surface area contributed by atoms with Gasteiger partial charge in [0.2, 0.25) is 0 Å². The van der Waals surface area contributed by atoms with E-state index in [1.807, 2.05) is 12.1 Å². The van der Waals surface area contributed by atoms with Gasteiger partial charge < -0.3 is 14.0 Å². The second-order valence-corrected chi connectivity index (χ2v) is 6.88. The molecule has 0 aromatic heterocycles. The minimum atomic E-state index is -0.230. The largest absolute Gasteiger partial charge is 0.497 e. The van der Waals surface area contributed by atoms with E-state index in [0.29, 0.717) is 6.61 Å². The lowest BCUT2D eigenvalue weighted by molar-refractivity contribution is -0.945. The van der Waals surface area contributed by atoms with Crippen molar-refractivity contribution >= 4 is 12.4 Å². The predicted octanol–water partition coefficient (Wildman–Crippen LogP) is 4.84. The first-order valence-corrected chi connectivity index (χ1v) is 9.06. The van der Waals surface area contributed by atoms with E-state index in [-0.39, 0.29) is 18.2 Å². The number of ether oxygens (including phenoxy) is 2. The molecule has 26 heavy (non-hydrogen) atoms. The van der Waals surface area contributed by atoms with Crippen molar-refractivity contribution in [2.45, 2.75) is 25.8 Å². The van der Waals surface area contributed by atoms with Crippen LogP contribution in [0, 0.1) is 5.82 Å². The topological polar surface area (TPSA) is 18.5 Å². The van der Waals surface area contributed by atoms with E-state index in [2.05, 4.69) is 12.1 Å². The van der Waals surface area contributed by atoms with Crippen molar-refractivity contribution < 1.29 is 18.3 Å². The zero-order valence-electron chi connectivity index (χ0n) is 15.3. The van der Waals surface area contributed by atoms with Gasteiger partial charge in [-0.2, -0.15) is 0 Å². The molecule has 0 saturated carbocycles. The highest BCUT2D eigenvalue weighted by Crippen LogP contribution is 2.24. The van der Waals surface area contributed by atoms with E-state index in [1.165, 1.54) is 50.0 Å². The van der Waals surface area contributed by atoms with Gasteiger partial charge in [0, 0.05) is 5.56 Å². The number of likely N-dealkylation sites (tertiary alicyclic amines) is 1. The Bertz CT molecular complexity index is 655. The third-order valence-corrected chi connectivity index (χ3v) is 5.09. The molecule has 3 nitrogen and oxygen atoms in total. The summed E-state index contributed by atoms with van der Waals surface area (Å²) in [6.45, 7) is 5.04. The molecular weight excluding hydrogens is 353 g/mol. The van der Waals surface area contributed by atoms with Crippen molar-refractivity contribution in [1.29, 1.82) is 0 Å². The summed E-state index contributed by atoms with van der Waals surface area (Å²) in [4.78, 5) is 0. The molecule has 142 valence electrons. The SMILES string of the molecule is COc1ccc(C[N+]2(CCOc3ccc(F)cc3)CCCCC2)cc1.Cl. The van der Waals surface area contributed by atoms with Crippen LogP contribution in [-0.4, -0.2) is 37.8 Å². The Hall–Kier alpha value is -1.78. The zero-order valence-corrected chi connectivity index (χ0v) is 16.1. The van der Waals surface area contributed by atoms with Crippen LogP contribution < -0.4 is 9.47 Å². The van der Waals surface area contributed by atoms with Crippen LogP contribution in [0.5, 0.6) is 11.5 Å². The Kier molecular flexibility index (Phi) is 7.73. The van der Waals surface area contributed by atoms with E-state index in [1.54, 1.807) is 19.2 Å². The highest BCUT2D eigenvalue weighted by molar-refractivity contribution is 5.85. The number of halogens is 2. The number of quaternary nitrogens is 1. The van der Waals surface area contributed by atoms with Crippen molar-refractivity contribution in [2.75, 3.05) is 33.4 Å². The third-order valence-electron chi connectivity index (χ3n) is 5.09. The molecule has 1 aliphatic heterocycles. The molecule has 1 saturated heterocycles. The quantitative estimate of drug-likeness (QED) is 0.640. The fraction of sp³-hybridized carbons (Fsp3) is 0.429. The van der Waals surface area contributed by atoms with E-state index < -0.39 is 0 Å². The average Bonchev–Trinajstić information content (AvgIpc) is 2.65. The molecule has 2 aromatic rings. The molecule has 3 rings (SSSR count). The summed E-state index contributed by atoms with van der Waals surface area (Å²) in [5, 5.41) is 0. The van der Waals surface area contributed by atoms with Crippen LogP contribution in [0.1, 0.15) is 24.8 Å². The maximum Gasteiger partial charge on any atom is 0.137 e. The second kappa shape index (κ2) is 9.79. The van der Waals surface area contributed by atoms with Gasteiger partial charge in [-0.3, -0.25) is 0 Å². The molecule has 5 heteroatoms. The highest BCUT2D eigenvalue weighted by Gasteiger charge is 2.30. The Labute approximate surface area is 161 Å². The first kappa shape index (κ1) is 20.5. The van der Waals surface area contributed by atoms with Crippen LogP contribution in [0.4, 0.5) is 4.39 Å². The molecule has 1 fully saturated rings. The standard InChI is InChI=1S/C21H27FNO2.ClH/c1-24-20-9-5-18(6-10-20)17-23(13-3-2-4-14-23)15-16-25-21-11-7-19(22)8-12-21;/h5-12H,2-4,13-17H2,1H3;1H/q+1;. The minimum absolute atomic E-state index is 0. The number of nitrogens with zero attached hydrogens (tertiary/aromatic N) is 1. The first-order valence-electron chi connectivity index (χ1n) is 9.06. The van der Waals surface area contributed by atoms with Gasteiger partial charge in [0.25, 0.3) is 0 Å². The number of hydrogen-bond acceptors (Lipinski definition) is 2. The molecule has 0 unspecified atom stereocenters. The summed E-state index contributed by atoms with van der Waals surface area (Å²) in [7, 11) is 1.69. The van der Waals surface area contributed by atoms with Crippen LogP contribution in [-0.2, 0) is 6.54 Å². The summed E-state index contributed by atoms with van der Waals surface area (Å²) >= 11 is 0. The number of rotatable bonds is 7. The number of piperidine rings is 1. The van der Waals surface area contributed by atoms with Crippen molar-refractivity contribution in [3.05, 3.63) is 59.9 Å². The predicted molar refractivity (Wildman–Crippen MR) is 105 cm³/mol. The van der Waals surface area contributed by atoms with Gasteiger partial charge in [-0.15, -0.1) is 12.4 Å². The highest BCUT2D eigenvalue weighted by atomic mass is 35.5. The van der Waals surface area contributed by atoms with Crippen molar-refractivity contribution in [2.24, 2.45) is 0 Å². The summed E-state index contributed by atoms with van der Waals surface area (Å²) in [6, 6.07) is 14.7. The third kappa shape index (κ3) is 5.61. The Morgan fingerprint density at radius 3 is 2.12 bits per heavy atom. The van der Waals surface area contributed by atoms with Gasteiger partial charge in [0.05, 0.1) is 20.2 Å². The number of methoxy groups -OCH3 is 1. The van der Waals surface area contributed by atoms with Crippen molar-refractivity contribution in [3.63, 3.8) is 0 Å². The molecule has 0 bridgehead atoms. The molecule has 0 atom stereocenters. The number of benzene rings is 2. The van der Waals surface area contributed by atoms with E-state index in [0.717, 1.165) is 29.1 Å². The van der Waals surface area contributed by atoms with E-state index >= 15 is 0 Å². The molecule has 0 radical (unpaired) electrons. The van der Waals surface area contributed by atoms with Gasteiger partial charge in [0.15, 0.2) is 0 Å². The minimum Gasteiger partial charge on any atom is -0.497 e. The first-order chi connectivity index (χ1) is 12.2. The fourth-order valence-electron chi connectivity index (χ4n) is 3.65. The Balaban J connectivity index is 0.00000243. The van der Waals surface area contributed by atoms with Crippen LogP contribution in [0.25, 0.3) is 0 Å². The fourth-order valence-corrected chi connectivity index (χ4v) is 3.65. The lowest BCUT2D eigenvalue weighted by Gasteiger charge is -2.41. The molecule has 2 aromatic carbocycles. The zero-order chi connectivity index (χ0) is 17.5. The summed E-state index contributed by atoms with van der Waals surface area (Å²) in [5.41, 5.74) is 1.34. The lowest BCUT2D eigenvalue weighted by atomic mass is 10.1. The van der Waals surface area contributed by atoms with Crippen LogP contribution >= 0.6 is 12.4 Å². The molecule has 0 aliphatic carbocycles. The smallest absolute Gasteiger partial charge is 0.137 e. The maximum atomic E-state index is 13.0. The molecule has 0 spiro atoms. The van der Waals surface area contributed by atoms with E-state index in [4.69, 9.17) is 9.47 Å². The molecular formula is C21H28ClFNO2+. The monoisotopic (exact) mass is 380 g/mol. The van der Waals surface area contributed by atoms with Crippen LogP contribution in [0.15, 0.2) is 48.5 Å². The van der Waals surface area contributed by atoms with Gasteiger partial charge in [-0.1, -0.05) is 0 Å². The van der Waals surface area contributed by atoms with Gasteiger partial charge in [0.1, 0.15) is 37.0 Å². The maximum absolute atomic E-state index is 13.0. The molecule has 1 aliphatic rings. The summed E-state index contributed by atoms with van der Waals surface area (Å²) < 4.78 is 25.2. The Morgan fingerprint density at radius 1 is 0.885 bits per heavy atom. The van der Waals surface area contributed by atoms with Crippen molar-refractivity contribution in [3.8, 4) is 11.5 Å². The lowest BCUT2D eigenvalue weighted by Crippen LogP contribution is -2.52. The van der Waals surface area contributed by atoms with Gasteiger partial charge in [-0.25, -0.2) is 4.39 Å². The summed E-state index contributed by atoms with van der Waals surface area (Å²) in [5.74, 6) is 1.40. The molecule has 0 amide bonds. The van der Waals surface area contributed by atoms with E-state index in [9.17, 15) is 4.39 Å². The number of hydrogen-bond donors (Lipinski definition) is 0. The van der Waals surface area contributed by atoms with Gasteiger partial charge >= 0.3 is 0 Å². The Morgan fingerprint density at radius 2 is 1.50 bits per heavy atom. The normalized spacial score (nSPS) is 15.8. The summed E-state index contributed by atoms with van der Waals surface area (Å²) in [6.07, 6.45) is 3.86. The molecule has 0 N–H and O–H groups in total. The molecule has 1 heterocycles. The van der Waals surface area contributed by atoms with Gasteiger partial charge in [-0.05, 0) is 67.8 Å². The average molecular weight is 381 g/mol. The van der Waals surface area contributed by atoms with Crippen LogP contribution in [0.2, 0.25) is 0 Å².